The Morgan fingerprint density at radius 3 is 2.80 bits per heavy atom. The molecule has 20 heavy (non-hydrogen) atoms. The number of rotatable bonds is 5. The molecule has 1 aliphatic rings. The first-order valence-corrected chi connectivity index (χ1v) is 7.93. The maximum Gasteiger partial charge on any atom is 0.315 e. The summed E-state index contributed by atoms with van der Waals surface area (Å²) in [4.78, 5) is 15.4. The minimum absolute atomic E-state index is 0.0468. The number of carbonyl (C=O) groups excluding carboxylic acids is 1. The summed E-state index contributed by atoms with van der Waals surface area (Å²) < 4.78 is 5.32. The highest BCUT2D eigenvalue weighted by molar-refractivity contribution is 7.10. The number of urea groups is 1. The number of carbonyl (C=O) groups is 1. The average molecular weight is 297 g/mol. The third kappa shape index (κ3) is 4.77. The summed E-state index contributed by atoms with van der Waals surface area (Å²) in [6.07, 6.45) is 0. The second-order valence-electron chi connectivity index (χ2n) is 5.17. The molecule has 6 heteroatoms. The molecule has 2 amide bonds. The summed E-state index contributed by atoms with van der Waals surface area (Å²) in [5.74, 6) is 0. The Morgan fingerprint density at radius 1 is 1.40 bits per heavy atom. The standard InChI is InChI=1S/C14H23N3O2S/c1-11(10-17-5-7-19-8-6-17)15-14(18)16-12(2)13-4-3-9-20-13/h3-4,9,11-12H,5-8,10H2,1-2H3,(H2,15,16,18)/t11-,12+/m0/s1. The van der Waals surface area contributed by atoms with E-state index in [0.717, 1.165) is 32.8 Å². The molecule has 1 aromatic heterocycles. The molecular weight excluding hydrogens is 274 g/mol. The largest absolute Gasteiger partial charge is 0.379 e. The number of hydrogen-bond donors (Lipinski definition) is 2. The van der Waals surface area contributed by atoms with Crippen molar-refractivity contribution >= 4 is 17.4 Å². The maximum atomic E-state index is 11.9. The molecule has 0 spiro atoms. The Bertz CT molecular complexity index is 405. The van der Waals surface area contributed by atoms with Crippen molar-refractivity contribution in [2.24, 2.45) is 0 Å². The Balaban J connectivity index is 1.70. The van der Waals surface area contributed by atoms with Gasteiger partial charge in [0.15, 0.2) is 0 Å². The second kappa shape index (κ2) is 7.61. The molecule has 0 aliphatic carbocycles. The predicted octanol–water partition coefficient (Wildman–Crippen LogP) is 1.83. The quantitative estimate of drug-likeness (QED) is 0.872. The van der Waals surface area contributed by atoms with Crippen LogP contribution in [0.1, 0.15) is 24.8 Å². The van der Waals surface area contributed by atoms with Gasteiger partial charge in [-0.15, -0.1) is 11.3 Å². The first-order chi connectivity index (χ1) is 9.65. The molecule has 0 bridgehead atoms. The summed E-state index contributed by atoms with van der Waals surface area (Å²) in [6.45, 7) is 8.36. The van der Waals surface area contributed by atoms with Crippen molar-refractivity contribution in [3.8, 4) is 0 Å². The van der Waals surface area contributed by atoms with Crippen LogP contribution in [0.2, 0.25) is 0 Å². The van der Waals surface area contributed by atoms with Gasteiger partial charge in [0.2, 0.25) is 0 Å². The molecule has 0 aromatic carbocycles. The average Bonchev–Trinajstić information content (AvgIpc) is 2.93. The van der Waals surface area contributed by atoms with Crippen molar-refractivity contribution in [3.63, 3.8) is 0 Å². The van der Waals surface area contributed by atoms with E-state index in [4.69, 9.17) is 4.74 Å². The molecule has 5 nitrogen and oxygen atoms in total. The molecule has 1 aliphatic heterocycles. The molecule has 0 radical (unpaired) electrons. The molecule has 0 saturated carbocycles. The normalized spacial score (nSPS) is 19.3. The Kier molecular flexibility index (Phi) is 5.82. The third-order valence-electron chi connectivity index (χ3n) is 3.33. The first kappa shape index (κ1) is 15.3. The molecule has 0 unspecified atom stereocenters. The minimum Gasteiger partial charge on any atom is -0.379 e. The molecule has 2 atom stereocenters. The summed E-state index contributed by atoms with van der Waals surface area (Å²) >= 11 is 1.66. The number of hydrogen-bond acceptors (Lipinski definition) is 4. The van der Waals surface area contributed by atoms with Crippen molar-refractivity contribution < 1.29 is 9.53 Å². The third-order valence-corrected chi connectivity index (χ3v) is 4.39. The van der Waals surface area contributed by atoms with Crippen molar-refractivity contribution in [1.29, 1.82) is 0 Å². The second-order valence-corrected chi connectivity index (χ2v) is 6.15. The van der Waals surface area contributed by atoms with Crippen LogP contribution in [0.4, 0.5) is 4.79 Å². The molecule has 112 valence electrons. The molecule has 2 rings (SSSR count). The lowest BCUT2D eigenvalue weighted by Gasteiger charge is -2.29. The zero-order valence-corrected chi connectivity index (χ0v) is 12.9. The van der Waals surface area contributed by atoms with Crippen LogP contribution < -0.4 is 10.6 Å². The van der Waals surface area contributed by atoms with Crippen LogP contribution >= 0.6 is 11.3 Å². The number of ether oxygens (including phenoxy) is 1. The topological polar surface area (TPSA) is 53.6 Å². The Labute approximate surface area is 124 Å². The summed E-state index contributed by atoms with van der Waals surface area (Å²) in [6, 6.07) is 4.10. The molecular formula is C14H23N3O2S. The fourth-order valence-corrected chi connectivity index (χ4v) is 3.02. The molecule has 2 heterocycles. The van der Waals surface area contributed by atoms with E-state index in [0.29, 0.717) is 0 Å². The van der Waals surface area contributed by atoms with Crippen molar-refractivity contribution in [3.05, 3.63) is 22.4 Å². The van der Waals surface area contributed by atoms with Crippen LogP contribution in [-0.4, -0.2) is 49.8 Å². The number of morpholine rings is 1. The number of nitrogens with one attached hydrogen (secondary N) is 2. The SMILES string of the molecule is C[C@@H](CN1CCOCC1)NC(=O)N[C@H](C)c1cccs1. The zero-order chi connectivity index (χ0) is 14.4. The summed E-state index contributed by atoms with van der Waals surface area (Å²) in [5, 5.41) is 7.98. The molecule has 1 fully saturated rings. The van der Waals surface area contributed by atoms with Crippen molar-refractivity contribution in [2.45, 2.75) is 25.9 Å². The monoisotopic (exact) mass is 297 g/mol. The lowest BCUT2D eigenvalue weighted by atomic mass is 10.2. The van der Waals surface area contributed by atoms with E-state index in [9.17, 15) is 4.79 Å². The van der Waals surface area contributed by atoms with Gasteiger partial charge in [0.1, 0.15) is 0 Å². The van der Waals surface area contributed by atoms with Crippen LogP contribution in [0.5, 0.6) is 0 Å². The predicted molar refractivity (Wildman–Crippen MR) is 81.1 cm³/mol. The molecule has 2 N–H and O–H groups in total. The lowest BCUT2D eigenvalue weighted by Crippen LogP contribution is -2.48. The van der Waals surface area contributed by atoms with E-state index in [1.807, 2.05) is 31.4 Å². The van der Waals surface area contributed by atoms with Gasteiger partial charge in [0.05, 0.1) is 19.3 Å². The zero-order valence-electron chi connectivity index (χ0n) is 12.1. The van der Waals surface area contributed by atoms with E-state index >= 15 is 0 Å². The number of amides is 2. The first-order valence-electron chi connectivity index (χ1n) is 7.05. The van der Waals surface area contributed by atoms with E-state index in [1.54, 1.807) is 11.3 Å². The van der Waals surface area contributed by atoms with Crippen LogP contribution in [0.25, 0.3) is 0 Å². The van der Waals surface area contributed by atoms with Gasteiger partial charge in [-0.25, -0.2) is 4.79 Å². The van der Waals surface area contributed by atoms with Gasteiger partial charge >= 0.3 is 6.03 Å². The fraction of sp³-hybridized carbons (Fsp3) is 0.643. The highest BCUT2D eigenvalue weighted by atomic mass is 32.1. The van der Waals surface area contributed by atoms with Crippen molar-refractivity contribution in [1.82, 2.24) is 15.5 Å². The smallest absolute Gasteiger partial charge is 0.315 e. The van der Waals surface area contributed by atoms with Gasteiger partial charge in [-0.1, -0.05) is 6.07 Å². The Morgan fingerprint density at radius 2 is 2.15 bits per heavy atom. The van der Waals surface area contributed by atoms with E-state index in [1.165, 1.54) is 4.88 Å². The van der Waals surface area contributed by atoms with Gasteiger partial charge in [-0.3, -0.25) is 4.90 Å². The van der Waals surface area contributed by atoms with Gasteiger partial charge in [-0.2, -0.15) is 0 Å². The highest BCUT2D eigenvalue weighted by Crippen LogP contribution is 2.17. The highest BCUT2D eigenvalue weighted by Gasteiger charge is 2.16. The van der Waals surface area contributed by atoms with Crippen molar-refractivity contribution in [2.75, 3.05) is 32.8 Å². The van der Waals surface area contributed by atoms with Gasteiger partial charge in [-0.05, 0) is 25.3 Å². The summed E-state index contributed by atoms with van der Waals surface area (Å²) in [5.41, 5.74) is 0. The molecule has 1 aromatic rings. The van der Waals surface area contributed by atoms with E-state index in [-0.39, 0.29) is 18.1 Å². The lowest BCUT2D eigenvalue weighted by molar-refractivity contribution is 0.0349. The number of nitrogens with zero attached hydrogens (tertiary/aromatic N) is 1. The number of thiophene rings is 1. The molecule has 1 saturated heterocycles. The van der Waals surface area contributed by atoms with Crippen LogP contribution in [-0.2, 0) is 4.74 Å². The maximum absolute atomic E-state index is 11.9. The van der Waals surface area contributed by atoms with Gasteiger partial charge in [0, 0.05) is 30.6 Å². The minimum atomic E-state index is -0.105. The van der Waals surface area contributed by atoms with Crippen LogP contribution in [0.15, 0.2) is 17.5 Å². The summed E-state index contributed by atoms with van der Waals surface area (Å²) in [7, 11) is 0. The fourth-order valence-electron chi connectivity index (χ4n) is 2.29. The Hall–Kier alpha value is -1.11. The van der Waals surface area contributed by atoms with Crippen LogP contribution in [0.3, 0.4) is 0 Å². The van der Waals surface area contributed by atoms with E-state index in [2.05, 4.69) is 15.5 Å². The van der Waals surface area contributed by atoms with Gasteiger partial charge in [0.25, 0.3) is 0 Å². The van der Waals surface area contributed by atoms with Crippen LogP contribution in [0, 0.1) is 0 Å². The van der Waals surface area contributed by atoms with Gasteiger partial charge < -0.3 is 15.4 Å². The van der Waals surface area contributed by atoms with E-state index < -0.39 is 0 Å².